The summed E-state index contributed by atoms with van der Waals surface area (Å²) in [5, 5.41) is 0. The largest absolute Gasteiger partial charge is 0.339 e. The van der Waals surface area contributed by atoms with Gasteiger partial charge in [0.05, 0.1) is 22.9 Å². The Morgan fingerprint density at radius 2 is 1.79 bits per heavy atom. The third-order valence-electron chi connectivity index (χ3n) is 5.26. The Morgan fingerprint density at radius 3 is 2.32 bits per heavy atom. The van der Waals surface area contributed by atoms with Gasteiger partial charge in [-0.3, -0.25) is 9.69 Å². The number of benzene rings is 1. The number of piperazine rings is 1. The molecule has 1 aromatic carbocycles. The van der Waals surface area contributed by atoms with Crippen LogP contribution in [0.4, 0.5) is 4.39 Å². The smallest absolute Gasteiger partial charge is 0.243 e. The van der Waals surface area contributed by atoms with Crippen LogP contribution in [0.5, 0.6) is 0 Å². The van der Waals surface area contributed by atoms with E-state index in [-0.39, 0.29) is 61.1 Å². The van der Waals surface area contributed by atoms with Gasteiger partial charge >= 0.3 is 0 Å². The maximum Gasteiger partial charge on any atom is 0.243 e. The zero-order valence-electron chi connectivity index (χ0n) is 15.6. The molecule has 8 nitrogen and oxygen atoms in total. The average molecular weight is 434 g/mol. The van der Waals surface area contributed by atoms with E-state index in [9.17, 15) is 26.0 Å². The summed E-state index contributed by atoms with van der Waals surface area (Å²) in [6.45, 7) is 0.941. The summed E-state index contributed by atoms with van der Waals surface area (Å²) in [6, 6.07) is 4.51. The van der Waals surface area contributed by atoms with Gasteiger partial charge in [0.15, 0.2) is 9.84 Å². The van der Waals surface area contributed by atoms with Crippen LogP contribution < -0.4 is 0 Å². The predicted octanol–water partition coefficient (Wildman–Crippen LogP) is -0.222. The molecule has 0 N–H and O–H groups in total. The van der Waals surface area contributed by atoms with E-state index < -0.39 is 25.7 Å². The van der Waals surface area contributed by atoms with Crippen LogP contribution in [0, 0.1) is 5.82 Å². The van der Waals surface area contributed by atoms with E-state index in [1.165, 1.54) is 16.4 Å². The van der Waals surface area contributed by atoms with Crippen molar-refractivity contribution >= 4 is 25.8 Å². The van der Waals surface area contributed by atoms with Crippen molar-refractivity contribution in [2.24, 2.45) is 0 Å². The Hall–Kier alpha value is -1.56. The normalized spacial score (nSPS) is 23.2. The number of halogens is 1. The molecule has 156 valence electrons. The first-order valence-electron chi connectivity index (χ1n) is 9.03. The second kappa shape index (κ2) is 8.05. The van der Waals surface area contributed by atoms with Crippen LogP contribution in [0.3, 0.4) is 0 Å². The summed E-state index contributed by atoms with van der Waals surface area (Å²) in [5.41, 5.74) is 0. The van der Waals surface area contributed by atoms with Gasteiger partial charge < -0.3 is 4.90 Å². The van der Waals surface area contributed by atoms with E-state index in [1.54, 1.807) is 16.8 Å². The topological polar surface area (TPSA) is 95.1 Å². The van der Waals surface area contributed by atoms with Crippen LogP contribution in [-0.2, 0) is 24.7 Å². The van der Waals surface area contributed by atoms with Crippen LogP contribution in [0.2, 0.25) is 0 Å². The first kappa shape index (κ1) is 21.2. The summed E-state index contributed by atoms with van der Waals surface area (Å²) in [6.07, 6.45) is 0.524. The molecule has 2 saturated heterocycles. The molecule has 0 aromatic heterocycles. The number of sulfonamides is 1. The summed E-state index contributed by atoms with van der Waals surface area (Å²) >= 11 is 0. The van der Waals surface area contributed by atoms with E-state index in [1.807, 2.05) is 0 Å². The summed E-state index contributed by atoms with van der Waals surface area (Å²) < 4.78 is 62.7. The van der Waals surface area contributed by atoms with Gasteiger partial charge in [-0.2, -0.15) is 4.31 Å². The van der Waals surface area contributed by atoms with Gasteiger partial charge in [-0.15, -0.1) is 0 Å². The fourth-order valence-electron chi connectivity index (χ4n) is 3.50. The molecule has 1 amide bonds. The number of likely N-dealkylation sites (N-methyl/N-ethyl adjacent to an activating group) is 1. The van der Waals surface area contributed by atoms with E-state index in [0.29, 0.717) is 6.42 Å². The highest BCUT2D eigenvalue weighted by Crippen LogP contribution is 2.19. The lowest BCUT2D eigenvalue weighted by Gasteiger charge is -2.35. The lowest BCUT2D eigenvalue weighted by atomic mass is 10.2. The lowest BCUT2D eigenvalue weighted by molar-refractivity contribution is -0.133. The van der Waals surface area contributed by atoms with Crippen molar-refractivity contribution in [3.8, 4) is 0 Å². The van der Waals surface area contributed by atoms with E-state index >= 15 is 0 Å². The van der Waals surface area contributed by atoms with Crippen LogP contribution in [0.1, 0.15) is 6.42 Å². The Kier molecular flexibility index (Phi) is 6.08. The molecule has 1 unspecified atom stereocenters. The maximum atomic E-state index is 13.0. The molecule has 1 aromatic rings. The van der Waals surface area contributed by atoms with Gasteiger partial charge in [-0.25, -0.2) is 21.2 Å². The number of amides is 1. The molecule has 0 radical (unpaired) electrons. The van der Waals surface area contributed by atoms with Gasteiger partial charge in [0.25, 0.3) is 0 Å². The van der Waals surface area contributed by atoms with Crippen LogP contribution >= 0.6 is 0 Å². The van der Waals surface area contributed by atoms with Crippen molar-refractivity contribution in [3.05, 3.63) is 30.1 Å². The number of hydrogen-bond acceptors (Lipinski definition) is 6. The number of carbonyl (C=O) groups excluding carboxylic acids is 1. The minimum absolute atomic E-state index is 0.0239. The van der Waals surface area contributed by atoms with Crippen molar-refractivity contribution in [1.82, 2.24) is 14.1 Å². The SMILES string of the molecule is CN(CC(=O)N1CCN(S(=O)(=O)c2ccc(F)cc2)CC1)C1CCS(=O)(=O)C1. The molecule has 2 heterocycles. The lowest BCUT2D eigenvalue weighted by Crippen LogP contribution is -2.53. The number of nitrogens with zero attached hydrogens (tertiary/aromatic N) is 3. The first-order valence-corrected chi connectivity index (χ1v) is 12.3. The molecule has 3 rings (SSSR count). The fourth-order valence-corrected chi connectivity index (χ4v) is 6.73. The van der Waals surface area contributed by atoms with Gasteiger partial charge in [-0.05, 0) is 37.7 Å². The zero-order valence-corrected chi connectivity index (χ0v) is 17.3. The molecule has 0 saturated carbocycles. The molecule has 2 aliphatic heterocycles. The number of hydrogen-bond donors (Lipinski definition) is 0. The van der Waals surface area contributed by atoms with Crippen molar-refractivity contribution in [2.75, 3.05) is 51.3 Å². The second-order valence-corrected chi connectivity index (χ2v) is 11.4. The van der Waals surface area contributed by atoms with Crippen LogP contribution in [0.25, 0.3) is 0 Å². The van der Waals surface area contributed by atoms with Crippen LogP contribution in [0.15, 0.2) is 29.2 Å². The molecule has 28 heavy (non-hydrogen) atoms. The highest BCUT2D eigenvalue weighted by atomic mass is 32.2. The summed E-state index contributed by atoms with van der Waals surface area (Å²) in [4.78, 5) is 15.9. The maximum absolute atomic E-state index is 13.0. The number of sulfone groups is 1. The quantitative estimate of drug-likeness (QED) is 0.637. The van der Waals surface area contributed by atoms with Crippen molar-refractivity contribution < 1.29 is 26.0 Å². The van der Waals surface area contributed by atoms with Crippen LogP contribution in [-0.4, -0.2) is 94.2 Å². The zero-order chi connectivity index (χ0) is 20.5. The van der Waals surface area contributed by atoms with Crippen molar-refractivity contribution in [2.45, 2.75) is 17.4 Å². The fraction of sp³-hybridized carbons (Fsp3) is 0.588. The van der Waals surface area contributed by atoms with E-state index in [2.05, 4.69) is 0 Å². The molecular formula is C17H24FN3O5S2. The Labute approximate surface area is 164 Å². The van der Waals surface area contributed by atoms with Crippen molar-refractivity contribution in [1.29, 1.82) is 0 Å². The highest BCUT2D eigenvalue weighted by molar-refractivity contribution is 7.91. The summed E-state index contributed by atoms with van der Waals surface area (Å²) in [7, 11) is -5.01. The minimum atomic E-state index is -3.73. The average Bonchev–Trinajstić information content (AvgIpc) is 3.02. The monoisotopic (exact) mass is 433 g/mol. The predicted molar refractivity (Wildman–Crippen MR) is 101 cm³/mol. The van der Waals surface area contributed by atoms with Gasteiger partial charge in [-0.1, -0.05) is 0 Å². The molecule has 0 aliphatic carbocycles. The Morgan fingerprint density at radius 1 is 1.18 bits per heavy atom. The number of carbonyl (C=O) groups is 1. The number of rotatable bonds is 5. The van der Waals surface area contributed by atoms with Gasteiger partial charge in [0.1, 0.15) is 5.82 Å². The van der Waals surface area contributed by atoms with Gasteiger partial charge in [0, 0.05) is 32.2 Å². The van der Waals surface area contributed by atoms with E-state index in [0.717, 1.165) is 12.1 Å². The minimum Gasteiger partial charge on any atom is -0.339 e. The van der Waals surface area contributed by atoms with Crippen molar-refractivity contribution in [3.63, 3.8) is 0 Å². The highest BCUT2D eigenvalue weighted by Gasteiger charge is 2.33. The molecule has 2 fully saturated rings. The molecular weight excluding hydrogens is 409 g/mol. The molecule has 11 heteroatoms. The molecule has 1 atom stereocenters. The Bertz CT molecular complexity index is 926. The second-order valence-electron chi connectivity index (χ2n) is 7.21. The third-order valence-corrected chi connectivity index (χ3v) is 8.92. The van der Waals surface area contributed by atoms with Gasteiger partial charge in [0.2, 0.25) is 15.9 Å². The van der Waals surface area contributed by atoms with E-state index in [4.69, 9.17) is 0 Å². The third kappa shape index (κ3) is 4.70. The Balaban J connectivity index is 1.54. The standard InChI is InChI=1S/C17H24FN3O5S2/c1-19(15-6-11-27(23,24)13-15)12-17(22)20-7-9-21(10-8-20)28(25,26)16-4-2-14(18)3-5-16/h2-5,15H,6-13H2,1H3. The molecule has 2 aliphatic rings. The first-order chi connectivity index (χ1) is 13.1. The molecule has 0 bridgehead atoms. The summed E-state index contributed by atoms with van der Waals surface area (Å²) in [5.74, 6) is -0.435. The molecule has 0 spiro atoms.